The Morgan fingerprint density at radius 2 is 2.03 bits per heavy atom. The molecule has 6 nitrogen and oxygen atoms in total. The second-order valence-electron chi connectivity index (χ2n) is 8.86. The highest BCUT2D eigenvalue weighted by atomic mass is 16.7. The Kier molecular flexibility index (Phi) is 4.73. The quantitative estimate of drug-likeness (QED) is 0.610. The third-order valence-corrected chi connectivity index (χ3v) is 6.12. The standard InChI is InChI=1S/C25H27N3O3/c1-15(2)21-8-9-28(26-21)18-11-20(24-23(12-18)30-14-31-24)25(29)27-13-16(3)10-19-17(4)6-5-7-22(19)27/h5-9,11-12,15-16H,10,13-14H2,1-4H3/t16-/m1/s1. The number of carbonyl (C=O) groups is 1. The van der Waals surface area contributed by atoms with Crippen LogP contribution in [-0.2, 0) is 6.42 Å². The van der Waals surface area contributed by atoms with Gasteiger partial charge in [-0.25, -0.2) is 4.68 Å². The summed E-state index contributed by atoms with van der Waals surface area (Å²) < 4.78 is 13.2. The molecule has 6 heteroatoms. The van der Waals surface area contributed by atoms with Gasteiger partial charge in [-0.2, -0.15) is 5.10 Å². The van der Waals surface area contributed by atoms with Crippen LogP contribution >= 0.6 is 0 Å². The number of nitrogens with zero attached hydrogens (tertiary/aromatic N) is 3. The smallest absolute Gasteiger partial charge is 0.262 e. The number of anilines is 1. The molecule has 2 aliphatic heterocycles. The van der Waals surface area contributed by atoms with Gasteiger partial charge in [0.2, 0.25) is 6.79 Å². The molecule has 0 aliphatic carbocycles. The van der Waals surface area contributed by atoms with E-state index in [1.54, 1.807) is 4.68 Å². The molecule has 3 heterocycles. The van der Waals surface area contributed by atoms with Crippen LogP contribution in [0.15, 0.2) is 42.6 Å². The van der Waals surface area contributed by atoms with E-state index in [0.717, 1.165) is 23.5 Å². The number of fused-ring (bicyclic) bond motifs is 2. The van der Waals surface area contributed by atoms with Crippen molar-refractivity contribution < 1.29 is 14.3 Å². The van der Waals surface area contributed by atoms with E-state index in [9.17, 15) is 4.79 Å². The van der Waals surface area contributed by atoms with Crippen LogP contribution in [0.4, 0.5) is 5.69 Å². The van der Waals surface area contributed by atoms with Gasteiger partial charge in [-0.3, -0.25) is 4.79 Å². The number of amides is 1. The first kappa shape index (κ1) is 19.7. The van der Waals surface area contributed by atoms with Gasteiger partial charge >= 0.3 is 0 Å². The Balaban J connectivity index is 1.60. The van der Waals surface area contributed by atoms with Crippen molar-refractivity contribution in [1.82, 2.24) is 9.78 Å². The highest BCUT2D eigenvalue weighted by molar-refractivity contribution is 6.09. The van der Waals surface area contributed by atoms with E-state index in [2.05, 4.69) is 38.9 Å². The summed E-state index contributed by atoms with van der Waals surface area (Å²) in [6, 6.07) is 11.9. The minimum Gasteiger partial charge on any atom is -0.453 e. The zero-order valence-electron chi connectivity index (χ0n) is 18.4. The zero-order chi connectivity index (χ0) is 21.7. The van der Waals surface area contributed by atoms with Crippen LogP contribution in [0.25, 0.3) is 5.69 Å². The average molecular weight is 418 g/mol. The number of rotatable bonds is 3. The summed E-state index contributed by atoms with van der Waals surface area (Å²) >= 11 is 0. The largest absolute Gasteiger partial charge is 0.453 e. The number of benzene rings is 2. The monoisotopic (exact) mass is 417 g/mol. The van der Waals surface area contributed by atoms with E-state index in [4.69, 9.17) is 9.47 Å². The van der Waals surface area contributed by atoms with Gasteiger partial charge in [-0.15, -0.1) is 0 Å². The summed E-state index contributed by atoms with van der Waals surface area (Å²) in [4.78, 5) is 15.7. The number of ether oxygens (including phenoxy) is 2. The van der Waals surface area contributed by atoms with Gasteiger partial charge < -0.3 is 14.4 Å². The summed E-state index contributed by atoms with van der Waals surface area (Å²) in [7, 11) is 0. The fraction of sp³-hybridized carbons (Fsp3) is 0.360. The van der Waals surface area contributed by atoms with E-state index in [0.29, 0.717) is 35.4 Å². The molecule has 2 aliphatic rings. The van der Waals surface area contributed by atoms with Crippen LogP contribution in [0.1, 0.15) is 53.9 Å². The van der Waals surface area contributed by atoms with Crippen molar-refractivity contribution in [2.45, 2.75) is 40.0 Å². The molecule has 0 radical (unpaired) electrons. The van der Waals surface area contributed by atoms with Gasteiger partial charge in [0.1, 0.15) is 0 Å². The molecule has 1 aromatic heterocycles. The molecule has 0 unspecified atom stereocenters. The van der Waals surface area contributed by atoms with Crippen LogP contribution in [-0.4, -0.2) is 29.0 Å². The summed E-state index contributed by atoms with van der Waals surface area (Å²) in [5.74, 6) is 1.73. The maximum Gasteiger partial charge on any atom is 0.262 e. The minimum atomic E-state index is -0.0711. The van der Waals surface area contributed by atoms with E-state index >= 15 is 0 Å². The van der Waals surface area contributed by atoms with Gasteiger partial charge in [0, 0.05) is 24.5 Å². The van der Waals surface area contributed by atoms with Gasteiger partial charge in [0.15, 0.2) is 11.5 Å². The lowest BCUT2D eigenvalue weighted by Crippen LogP contribution is -2.39. The lowest BCUT2D eigenvalue weighted by molar-refractivity contribution is 0.0976. The second kappa shape index (κ2) is 7.45. The van der Waals surface area contributed by atoms with E-state index in [-0.39, 0.29) is 12.7 Å². The molecule has 0 fully saturated rings. The van der Waals surface area contributed by atoms with Crippen molar-refractivity contribution in [3.8, 4) is 17.2 Å². The molecular weight excluding hydrogens is 390 g/mol. The molecular formula is C25H27N3O3. The van der Waals surface area contributed by atoms with Crippen LogP contribution in [0, 0.1) is 12.8 Å². The van der Waals surface area contributed by atoms with Gasteiger partial charge in [-0.05, 0) is 54.5 Å². The van der Waals surface area contributed by atoms with Crippen LogP contribution in [0.5, 0.6) is 11.5 Å². The van der Waals surface area contributed by atoms with E-state index in [1.807, 2.05) is 41.4 Å². The minimum absolute atomic E-state index is 0.0711. The number of carbonyl (C=O) groups excluding carboxylic acids is 1. The summed E-state index contributed by atoms with van der Waals surface area (Å²) in [6.45, 7) is 9.30. The maximum atomic E-state index is 13.8. The van der Waals surface area contributed by atoms with Crippen LogP contribution in [0.3, 0.4) is 0 Å². The Labute approximate surface area is 182 Å². The Hall–Kier alpha value is -3.28. The molecule has 0 saturated carbocycles. The van der Waals surface area contributed by atoms with Gasteiger partial charge in [-0.1, -0.05) is 32.9 Å². The summed E-state index contributed by atoms with van der Waals surface area (Å²) in [5.41, 5.74) is 5.75. The highest BCUT2D eigenvalue weighted by Gasteiger charge is 2.32. The average Bonchev–Trinajstić information content (AvgIpc) is 3.42. The molecule has 0 saturated heterocycles. The maximum absolute atomic E-state index is 13.8. The number of aryl methyl sites for hydroxylation is 1. The number of hydrogen-bond donors (Lipinski definition) is 0. The van der Waals surface area contributed by atoms with Crippen molar-refractivity contribution in [1.29, 1.82) is 0 Å². The molecule has 0 N–H and O–H groups in total. The fourth-order valence-corrected chi connectivity index (χ4v) is 4.44. The van der Waals surface area contributed by atoms with Crippen molar-refractivity contribution in [2.24, 2.45) is 5.92 Å². The fourth-order valence-electron chi connectivity index (χ4n) is 4.44. The third kappa shape index (κ3) is 3.36. The molecule has 1 amide bonds. The van der Waals surface area contributed by atoms with Crippen molar-refractivity contribution >= 4 is 11.6 Å². The van der Waals surface area contributed by atoms with E-state index < -0.39 is 0 Å². The normalized spacial score (nSPS) is 17.2. The van der Waals surface area contributed by atoms with Crippen molar-refractivity contribution in [3.05, 3.63) is 65.0 Å². The summed E-state index contributed by atoms with van der Waals surface area (Å²) in [6.07, 6.45) is 2.90. The number of aromatic nitrogens is 2. The first-order valence-corrected chi connectivity index (χ1v) is 10.8. The topological polar surface area (TPSA) is 56.6 Å². The number of hydrogen-bond acceptors (Lipinski definition) is 4. The Morgan fingerprint density at radius 3 is 2.81 bits per heavy atom. The SMILES string of the molecule is Cc1cccc2c1C[C@@H](C)CN2C(=O)c1cc(-n2ccc(C(C)C)n2)cc2c1OCO2. The van der Waals surface area contributed by atoms with E-state index in [1.165, 1.54) is 11.1 Å². The third-order valence-electron chi connectivity index (χ3n) is 6.12. The molecule has 0 bridgehead atoms. The lowest BCUT2D eigenvalue weighted by Gasteiger charge is -2.34. The summed E-state index contributed by atoms with van der Waals surface area (Å²) in [5, 5.41) is 4.67. The second-order valence-corrected chi connectivity index (χ2v) is 8.86. The van der Waals surface area contributed by atoms with Crippen molar-refractivity contribution in [3.63, 3.8) is 0 Å². The van der Waals surface area contributed by atoms with Gasteiger partial charge in [0.05, 0.1) is 16.9 Å². The molecule has 5 rings (SSSR count). The molecule has 31 heavy (non-hydrogen) atoms. The Morgan fingerprint density at radius 1 is 1.19 bits per heavy atom. The first-order valence-electron chi connectivity index (χ1n) is 10.8. The molecule has 1 atom stereocenters. The Bertz CT molecular complexity index is 1160. The molecule has 160 valence electrons. The van der Waals surface area contributed by atoms with Crippen molar-refractivity contribution in [2.75, 3.05) is 18.2 Å². The first-order chi connectivity index (χ1) is 14.9. The zero-order valence-corrected chi connectivity index (χ0v) is 18.4. The molecule has 3 aromatic rings. The van der Waals surface area contributed by atoms with Crippen LogP contribution in [0.2, 0.25) is 0 Å². The molecule has 0 spiro atoms. The van der Waals surface area contributed by atoms with Crippen LogP contribution < -0.4 is 14.4 Å². The molecule has 2 aromatic carbocycles. The van der Waals surface area contributed by atoms with Gasteiger partial charge in [0.25, 0.3) is 5.91 Å². The lowest BCUT2D eigenvalue weighted by atomic mass is 9.90. The highest BCUT2D eigenvalue weighted by Crippen LogP contribution is 2.40. The predicted octanol–water partition coefficient (Wildman–Crippen LogP) is 4.87. The predicted molar refractivity (Wildman–Crippen MR) is 119 cm³/mol.